The first kappa shape index (κ1) is 18.5. The van der Waals surface area contributed by atoms with Crippen LogP contribution in [0.4, 0.5) is 0 Å². The molecule has 5 heteroatoms. The van der Waals surface area contributed by atoms with Crippen molar-refractivity contribution in [1.82, 2.24) is 5.32 Å². The molecule has 0 heterocycles. The number of carbonyl (C=O) groups is 2. The van der Waals surface area contributed by atoms with Crippen LogP contribution in [0.15, 0.2) is 42.5 Å². The molecule has 0 saturated heterocycles. The molecule has 2 N–H and O–H groups in total. The van der Waals surface area contributed by atoms with E-state index in [2.05, 4.69) is 5.32 Å². The van der Waals surface area contributed by atoms with E-state index in [4.69, 9.17) is 9.84 Å². The van der Waals surface area contributed by atoms with E-state index in [9.17, 15) is 9.59 Å². The Morgan fingerprint density at radius 1 is 1.12 bits per heavy atom. The third kappa shape index (κ3) is 5.64. The number of carbonyl (C=O) groups excluding carboxylic acids is 1. The van der Waals surface area contributed by atoms with E-state index in [-0.39, 0.29) is 11.5 Å². The zero-order chi connectivity index (χ0) is 18.2. The minimum Gasteiger partial charge on any atom is -0.494 e. The van der Waals surface area contributed by atoms with Gasteiger partial charge >= 0.3 is 5.97 Å². The normalized spacial score (nSPS) is 10.3. The predicted octanol–water partition coefficient (Wildman–Crippen LogP) is 3.34. The molecule has 0 aliphatic carbocycles. The number of carboxylic acids is 1. The first-order valence-corrected chi connectivity index (χ1v) is 8.31. The number of hydrogen-bond acceptors (Lipinski definition) is 3. The number of nitrogens with one attached hydrogen (secondary N) is 1. The predicted molar refractivity (Wildman–Crippen MR) is 95.9 cm³/mol. The number of hydrogen-bond donors (Lipinski definition) is 2. The van der Waals surface area contributed by atoms with Gasteiger partial charge < -0.3 is 15.2 Å². The monoisotopic (exact) mass is 341 g/mol. The van der Waals surface area contributed by atoms with Crippen LogP contribution in [0.2, 0.25) is 0 Å². The molecular formula is C20H23NO4. The maximum absolute atomic E-state index is 12.1. The molecule has 0 spiro atoms. The summed E-state index contributed by atoms with van der Waals surface area (Å²) in [6.07, 6.45) is 0.917. The molecule has 0 radical (unpaired) electrons. The number of aromatic carboxylic acids is 1. The Balaban J connectivity index is 1.85. The third-order valence-electron chi connectivity index (χ3n) is 3.84. The summed E-state index contributed by atoms with van der Waals surface area (Å²) in [5.41, 5.74) is 3.25. The topological polar surface area (TPSA) is 75.6 Å². The van der Waals surface area contributed by atoms with Gasteiger partial charge in [0.2, 0.25) is 5.91 Å². The highest BCUT2D eigenvalue weighted by Gasteiger charge is 2.08. The van der Waals surface area contributed by atoms with Crippen molar-refractivity contribution in [3.8, 4) is 5.75 Å². The highest BCUT2D eigenvalue weighted by molar-refractivity contribution is 5.87. The molecule has 0 aromatic heterocycles. The number of rotatable bonds is 8. The molecule has 0 unspecified atom stereocenters. The summed E-state index contributed by atoms with van der Waals surface area (Å²) in [6.45, 7) is 4.93. The fraction of sp³-hybridized carbons (Fsp3) is 0.300. The standard InChI is InChI=1S/C20H23NO4/c1-3-25-18-12-14(2)4-8-17(18)13-21-19(22)11-7-15-5-9-16(10-6-15)20(23)24/h4-6,8-10,12H,3,7,11,13H2,1-2H3,(H,21,22)(H,23,24). The first-order chi connectivity index (χ1) is 12.0. The van der Waals surface area contributed by atoms with E-state index in [1.807, 2.05) is 32.0 Å². The van der Waals surface area contributed by atoms with Crippen molar-refractivity contribution in [1.29, 1.82) is 0 Å². The second-order valence-corrected chi connectivity index (χ2v) is 5.82. The van der Waals surface area contributed by atoms with Crippen LogP contribution >= 0.6 is 0 Å². The minimum atomic E-state index is -0.951. The lowest BCUT2D eigenvalue weighted by molar-refractivity contribution is -0.121. The van der Waals surface area contributed by atoms with Crippen molar-refractivity contribution in [2.45, 2.75) is 33.2 Å². The molecule has 0 bridgehead atoms. The average molecular weight is 341 g/mol. The fourth-order valence-electron chi connectivity index (χ4n) is 2.45. The second kappa shape index (κ2) is 8.87. The van der Waals surface area contributed by atoms with Gasteiger partial charge in [-0.05, 0) is 49.6 Å². The van der Waals surface area contributed by atoms with Gasteiger partial charge in [0.05, 0.1) is 12.2 Å². The minimum absolute atomic E-state index is 0.0506. The number of amides is 1. The number of carboxylic acid groups (broad SMARTS) is 1. The molecule has 2 rings (SSSR count). The Kier molecular flexibility index (Phi) is 6.57. The lowest BCUT2D eigenvalue weighted by Gasteiger charge is -2.12. The van der Waals surface area contributed by atoms with Crippen LogP contribution in [-0.2, 0) is 17.8 Å². The summed E-state index contributed by atoms with van der Waals surface area (Å²) in [4.78, 5) is 22.9. The van der Waals surface area contributed by atoms with Gasteiger partial charge in [-0.3, -0.25) is 4.79 Å². The van der Waals surface area contributed by atoms with Gasteiger partial charge in [0.25, 0.3) is 0 Å². The van der Waals surface area contributed by atoms with Gasteiger partial charge in [0.1, 0.15) is 5.75 Å². The van der Waals surface area contributed by atoms with E-state index in [1.54, 1.807) is 24.3 Å². The smallest absolute Gasteiger partial charge is 0.335 e. The molecule has 25 heavy (non-hydrogen) atoms. The van der Waals surface area contributed by atoms with Crippen LogP contribution in [0.25, 0.3) is 0 Å². The van der Waals surface area contributed by atoms with E-state index < -0.39 is 5.97 Å². The van der Waals surface area contributed by atoms with Crippen molar-refractivity contribution in [3.05, 3.63) is 64.7 Å². The van der Waals surface area contributed by atoms with Crippen LogP contribution in [0.3, 0.4) is 0 Å². The van der Waals surface area contributed by atoms with Gasteiger partial charge in [-0.1, -0.05) is 24.3 Å². The fourth-order valence-corrected chi connectivity index (χ4v) is 2.45. The molecule has 0 aliphatic rings. The average Bonchev–Trinajstić information content (AvgIpc) is 2.60. The van der Waals surface area contributed by atoms with Gasteiger partial charge in [0.15, 0.2) is 0 Å². The van der Waals surface area contributed by atoms with E-state index in [1.165, 1.54) is 0 Å². The molecule has 5 nitrogen and oxygen atoms in total. The lowest BCUT2D eigenvalue weighted by Crippen LogP contribution is -2.23. The zero-order valence-electron chi connectivity index (χ0n) is 14.5. The van der Waals surface area contributed by atoms with E-state index >= 15 is 0 Å². The van der Waals surface area contributed by atoms with Crippen molar-refractivity contribution in [2.75, 3.05) is 6.61 Å². The molecule has 0 fully saturated rings. The van der Waals surface area contributed by atoms with Crippen LogP contribution in [0.1, 0.15) is 40.4 Å². The highest BCUT2D eigenvalue weighted by Crippen LogP contribution is 2.20. The van der Waals surface area contributed by atoms with Crippen molar-refractivity contribution in [3.63, 3.8) is 0 Å². The second-order valence-electron chi connectivity index (χ2n) is 5.82. The maximum atomic E-state index is 12.1. The Hall–Kier alpha value is -2.82. The Morgan fingerprint density at radius 3 is 2.48 bits per heavy atom. The zero-order valence-corrected chi connectivity index (χ0v) is 14.5. The summed E-state index contributed by atoms with van der Waals surface area (Å²) in [5.74, 6) is -0.204. The SMILES string of the molecule is CCOc1cc(C)ccc1CNC(=O)CCc1ccc(C(=O)O)cc1. The first-order valence-electron chi connectivity index (χ1n) is 8.31. The van der Waals surface area contributed by atoms with E-state index in [0.717, 1.165) is 22.4 Å². The van der Waals surface area contributed by atoms with Crippen molar-refractivity contribution in [2.24, 2.45) is 0 Å². The number of benzene rings is 2. The summed E-state index contributed by atoms with van der Waals surface area (Å²) >= 11 is 0. The summed E-state index contributed by atoms with van der Waals surface area (Å²) in [7, 11) is 0. The molecule has 2 aromatic rings. The van der Waals surface area contributed by atoms with Gasteiger partial charge in [-0.15, -0.1) is 0 Å². The summed E-state index contributed by atoms with van der Waals surface area (Å²) in [6, 6.07) is 12.5. The summed E-state index contributed by atoms with van der Waals surface area (Å²) < 4.78 is 5.61. The van der Waals surface area contributed by atoms with Crippen molar-refractivity contribution >= 4 is 11.9 Å². The molecular weight excluding hydrogens is 318 g/mol. The third-order valence-corrected chi connectivity index (χ3v) is 3.84. The molecule has 132 valence electrons. The largest absolute Gasteiger partial charge is 0.494 e. The Labute approximate surface area is 147 Å². The highest BCUT2D eigenvalue weighted by atomic mass is 16.5. The van der Waals surface area contributed by atoms with Crippen molar-refractivity contribution < 1.29 is 19.4 Å². The molecule has 2 aromatic carbocycles. The lowest BCUT2D eigenvalue weighted by atomic mass is 10.1. The molecule has 0 atom stereocenters. The van der Waals surface area contributed by atoms with Gasteiger partial charge in [-0.25, -0.2) is 4.79 Å². The maximum Gasteiger partial charge on any atom is 0.335 e. The van der Waals surface area contributed by atoms with Crippen LogP contribution in [0, 0.1) is 6.92 Å². The van der Waals surface area contributed by atoms with Gasteiger partial charge in [-0.2, -0.15) is 0 Å². The quantitative estimate of drug-likeness (QED) is 0.772. The molecule has 0 saturated carbocycles. The van der Waals surface area contributed by atoms with Crippen LogP contribution in [0.5, 0.6) is 5.75 Å². The van der Waals surface area contributed by atoms with Gasteiger partial charge in [0, 0.05) is 18.5 Å². The van der Waals surface area contributed by atoms with Crippen LogP contribution < -0.4 is 10.1 Å². The molecule has 1 amide bonds. The Morgan fingerprint density at radius 2 is 1.84 bits per heavy atom. The molecule has 0 aliphatic heterocycles. The number of aryl methyl sites for hydroxylation is 2. The summed E-state index contributed by atoms with van der Waals surface area (Å²) in [5, 5.41) is 11.8. The Bertz CT molecular complexity index is 738. The van der Waals surface area contributed by atoms with Crippen LogP contribution in [-0.4, -0.2) is 23.6 Å². The van der Waals surface area contributed by atoms with E-state index in [0.29, 0.717) is 26.0 Å². The number of ether oxygens (including phenoxy) is 1.